The highest BCUT2D eigenvalue weighted by Crippen LogP contribution is 2.37. The summed E-state index contributed by atoms with van der Waals surface area (Å²) in [6, 6.07) is -2.84. The van der Waals surface area contributed by atoms with E-state index in [2.05, 4.69) is 61.9 Å². The topological polar surface area (TPSA) is 3.24 Å². The van der Waals surface area contributed by atoms with Crippen LogP contribution in [0.2, 0.25) is 26.2 Å². The second kappa shape index (κ2) is 8.71. The predicted octanol–water partition coefficient (Wildman–Crippen LogP) is 6.29. The van der Waals surface area contributed by atoms with Gasteiger partial charge in [0.15, 0.2) is 0 Å². The lowest BCUT2D eigenvalue weighted by Crippen LogP contribution is -2.68. The van der Waals surface area contributed by atoms with E-state index in [1.165, 1.54) is 12.8 Å². The first-order valence-electron chi connectivity index (χ1n) is 7.57. The molecule has 0 radical (unpaired) electrons. The quantitative estimate of drug-likeness (QED) is 0.235. The lowest BCUT2D eigenvalue weighted by molar-refractivity contribution is 0.500. The molecule has 0 aromatic heterocycles. The van der Waals surface area contributed by atoms with Gasteiger partial charge < -0.3 is 4.23 Å². The summed E-state index contributed by atoms with van der Waals surface area (Å²) in [5, 5.41) is 0. The van der Waals surface area contributed by atoms with Crippen LogP contribution in [-0.2, 0) is 0 Å². The van der Waals surface area contributed by atoms with Gasteiger partial charge in [0.2, 0.25) is 0 Å². The van der Waals surface area contributed by atoms with Crippen molar-refractivity contribution in [3.8, 4) is 0 Å². The minimum Gasteiger partial charge on any atom is -0.336 e. The fraction of sp³-hybridized carbons (Fsp3) is 0.714. The van der Waals surface area contributed by atoms with Crippen LogP contribution >= 0.6 is 33.2 Å². The Kier molecular flexibility index (Phi) is 9.11. The average molecular weight is 403 g/mol. The lowest BCUT2D eigenvalue weighted by atomic mass is 10.2. The molecule has 124 valence electrons. The summed E-state index contributed by atoms with van der Waals surface area (Å²) in [5.41, 5.74) is 4.26. The van der Waals surface area contributed by atoms with E-state index in [9.17, 15) is 0 Å². The largest absolute Gasteiger partial charge is 0.356 e. The maximum absolute atomic E-state index is 6.50. The number of halogens is 3. The Balaban J connectivity index is 5.69. The zero-order valence-electron chi connectivity index (χ0n) is 14.1. The molecule has 0 amide bonds. The van der Waals surface area contributed by atoms with Gasteiger partial charge in [-0.15, -0.1) is 46.4 Å². The molecule has 0 saturated heterocycles. The van der Waals surface area contributed by atoms with Crippen molar-refractivity contribution < 1.29 is 0 Å². The minimum atomic E-state index is -2.84. The molecule has 1 atom stereocenters. The molecule has 7 heteroatoms. The number of hydrogen-bond donors (Lipinski definition) is 0. The highest BCUT2D eigenvalue weighted by Gasteiger charge is 2.50. The molecule has 0 N–H and O–H groups in total. The van der Waals surface area contributed by atoms with E-state index in [1.54, 1.807) is 0 Å². The number of rotatable bonds is 10. The van der Waals surface area contributed by atoms with Crippen molar-refractivity contribution in [2.24, 2.45) is 0 Å². The predicted molar refractivity (Wildman–Crippen MR) is 108 cm³/mol. The Labute approximate surface area is 148 Å². The molecular weight excluding hydrogens is 373 g/mol. The first-order valence-corrected chi connectivity index (χ1v) is 18.7. The van der Waals surface area contributed by atoms with Crippen LogP contribution in [0.25, 0.3) is 0 Å². The smallest absolute Gasteiger partial charge is 0.336 e. The summed E-state index contributed by atoms with van der Waals surface area (Å²) in [6.45, 7) is 19.5. The Bertz CT molecular complexity index is 334. The summed E-state index contributed by atoms with van der Waals surface area (Å²) in [7, 11) is -3.65. The first-order chi connectivity index (χ1) is 9.44. The standard InChI is InChI=1S/C14H30Cl3NSi3/c1-8-11-12-13-14(21(15,16)17)18(19(4,5)9-2)20(6,7)10-3/h9-10,14H,2-3,8,11-13H2,1,4-7H3. The van der Waals surface area contributed by atoms with Crippen molar-refractivity contribution in [3.63, 3.8) is 0 Å². The van der Waals surface area contributed by atoms with E-state index >= 15 is 0 Å². The van der Waals surface area contributed by atoms with Crippen molar-refractivity contribution in [1.29, 1.82) is 0 Å². The van der Waals surface area contributed by atoms with E-state index in [1.807, 2.05) is 0 Å². The Morgan fingerprint density at radius 1 is 0.952 bits per heavy atom. The van der Waals surface area contributed by atoms with Crippen molar-refractivity contribution in [2.45, 2.75) is 64.5 Å². The molecule has 21 heavy (non-hydrogen) atoms. The Morgan fingerprint density at radius 3 is 1.67 bits per heavy atom. The van der Waals surface area contributed by atoms with Crippen LogP contribution in [0.3, 0.4) is 0 Å². The normalized spacial score (nSPS) is 15.1. The summed E-state index contributed by atoms with van der Waals surface area (Å²) < 4.78 is 2.56. The van der Waals surface area contributed by atoms with Gasteiger partial charge in [0.1, 0.15) is 16.5 Å². The van der Waals surface area contributed by atoms with Gasteiger partial charge in [-0.2, -0.15) is 0 Å². The lowest BCUT2D eigenvalue weighted by Gasteiger charge is -2.50. The van der Waals surface area contributed by atoms with Gasteiger partial charge >= 0.3 is 6.00 Å². The average Bonchev–Trinajstić information content (AvgIpc) is 2.36. The van der Waals surface area contributed by atoms with Gasteiger partial charge in [-0.25, -0.2) is 0 Å². The molecule has 0 bridgehead atoms. The molecule has 0 aromatic carbocycles. The molecule has 0 aliphatic heterocycles. The van der Waals surface area contributed by atoms with Gasteiger partial charge in [0.25, 0.3) is 0 Å². The monoisotopic (exact) mass is 401 g/mol. The van der Waals surface area contributed by atoms with Crippen molar-refractivity contribution in [2.75, 3.05) is 0 Å². The van der Waals surface area contributed by atoms with E-state index < -0.39 is 22.5 Å². The van der Waals surface area contributed by atoms with Crippen LogP contribution in [-0.4, -0.2) is 32.4 Å². The van der Waals surface area contributed by atoms with Gasteiger partial charge in [0, 0.05) is 5.67 Å². The Morgan fingerprint density at radius 2 is 1.38 bits per heavy atom. The summed E-state index contributed by atoms with van der Waals surface area (Å²) in [4.78, 5) is 0. The zero-order chi connectivity index (χ0) is 16.9. The minimum absolute atomic E-state index is 0.0633. The third kappa shape index (κ3) is 6.53. The van der Waals surface area contributed by atoms with Crippen LogP contribution < -0.4 is 0 Å². The SMILES string of the molecule is C=C[Si](C)(C)N(C(CCCCC)[Si](Cl)(Cl)Cl)[Si](C)(C)C=C. The van der Waals surface area contributed by atoms with Gasteiger partial charge in [-0.3, -0.25) is 0 Å². The summed E-state index contributed by atoms with van der Waals surface area (Å²) in [5.74, 6) is 0. The molecule has 0 aromatic rings. The third-order valence-electron chi connectivity index (χ3n) is 4.01. The second-order valence-corrected chi connectivity index (χ2v) is 24.3. The molecule has 0 rings (SSSR count). The Hall–Kier alpha value is 0.961. The van der Waals surface area contributed by atoms with Crippen LogP contribution in [0.4, 0.5) is 0 Å². The van der Waals surface area contributed by atoms with Gasteiger partial charge in [-0.1, -0.05) is 63.8 Å². The number of unbranched alkanes of at least 4 members (excludes halogenated alkanes) is 2. The summed E-state index contributed by atoms with van der Waals surface area (Å²) in [6.07, 6.45) is 4.44. The van der Waals surface area contributed by atoms with Crippen LogP contribution in [0.5, 0.6) is 0 Å². The fourth-order valence-electron chi connectivity index (χ4n) is 2.77. The second-order valence-electron chi connectivity index (χ2n) is 6.64. The maximum Gasteiger partial charge on any atom is 0.356 e. The molecule has 0 spiro atoms. The van der Waals surface area contributed by atoms with Crippen molar-refractivity contribution in [3.05, 3.63) is 24.6 Å². The van der Waals surface area contributed by atoms with E-state index in [0.717, 1.165) is 12.8 Å². The number of hydrogen-bond acceptors (Lipinski definition) is 1. The third-order valence-corrected chi connectivity index (χ3v) is 16.7. The summed E-state index contributed by atoms with van der Waals surface area (Å²) >= 11 is 19.5. The molecule has 0 aliphatic rings. The van der Waals surface area contributed by atoms with E-state index in [0.29, 0.717) is 0 Å². The fourth-order valence-corrected chi connectivity index (χ4v) is 18.8. The molecule has 0 fully saturated rings. The van der Waals surface area contributed by atoms with E-state index in [-0.39, 0.29) is 5.67 Å². The molecular formula is C14H30Cl3NSi3. The molecule has 0 aliphatic carbocycles. The molecule has 0 saturated carbocycles. The van der Waals surface area contributed by atoms with Crippen LogP contribution in [0, 0.1) is 0 Å². The first kappa shape index (κ1) is 22.0. The van der Waals surface area contributed by atoms with Crippen LogP contribution in [0.15, 0.2) is 24.6 Å². The van der Waals surface area contributed by atoms with Crippen molar-refractivity contribution in [1.82, 2.24) is 4.23 Å². The molecule has 0 heterocycles. The highest BCUT2D eigenvalue weighted by atomic mass is 35.8. The van der Waals surface area contributed by atoms with Gasteiger partial charge in [0.05, 0.1) is 0 Å². The maximum atomic E-state index is 6.50. The van der Waals surface area contributed by atoms with E-state index in [4.69, 9.17) is 33.2 Å². The van der Waals surface area contributed by atoms with Crippen LogP contribution in [0.1, 0.15) is 32.6 Å². The van der Waals surface area contributed by atoms with Crippen molar-refractivity contribution >= 4 is 55.7 Å². The molecule has 1 nitrogen and oxygen atoms in total. The van der Waals surface area contributed by atoms with Gasteiger partial charge in [-0.05, 0) is 6.42 Å². The highest BCUT2D eigenvalue weighted by molar-refractivity contribution is 7.65. The zero-order valence-corrected chi connectivity index (χ0v) is 19.3. The number of nitrogens with zero attached hydrogens (tertiary/aromatic N) is 1. The molecule has 1 unspecified atom stereocenters.